The molecule has 0 unspecified atom stereocenters. The first-order valence-corrected chi connectivity index (χ1v) is 10.7. The summed E-state index contributed by atoms with van der Waals surface area (Å²) >= 11 is 1.23. The second-order valence-electron chi connectivity index (χ2n) is 6.82. The predicted molar refractivity (Wildman–Crippen MR) is 124 cm³/mol. The maximum atomic E-state index is 13.1. The minimum absolute atomic E-state index is 0.126. The monoisotopic (exact) mass is 449 g/mol. The summed E-state index contributed by atoms with van der Waals surface area (Å²) in [6.07, 6.45) is 0. The Bertz CT molecular complexity index is 1240. The lowest BCUT2D eigenvalue weighted by Gasteiger charge is -2.13. The number of hydrogen-bond donors (Lipinski definition) is 1. The number of nitrogens with zero attached hydrogens (tertiary/aromatic N) is 2. The Balaban J connectivity index is 1.62. The summed E-state index contributed by atoms with van der Waals surface area (Å²) in [7, 11) is 3.18. The number of Topliss-reactive ketones (excluding diaryl/α,β-unsaturated/α-hetero) is 1. The number of rotatable bonds is 8. The number of para-hydroxylation sites is 1. The number of carbonyl (C=O) groups excluding carboxylic acids is 1. The molecule has 0 aliphatic rings. The minimum atomic E-state index is -0.378. The Hall–Kier alpha value is -3.65. The van der Waals surface area contributed by atoms with Gasteiger partial charge in [-0.3, -0.25) is 4.79 Å². The molecule has 1 N–H and O–H groups in total. The molecule has 4 aromatic rings. The van der Waals surface area contributed by atoms with E-state index in [2.05, 4.69) is 15.3 Å². The van der Waals surface area contributed by atoms with Crippen molar-refractivity contribution in [1.29, 1.82) is 0 Å². The van der Waals surface area contributed by atoms with E-state index >= 15 is 0 Å². The van der Waals surface area contributed by atoms with Gasteiger partial charge < -0.3 is 14.8 Å². The zero-order valence-corrected chi connectivity index (χ0v) is 18.3. The van der Waals surface area contributed by atoms with E-state index in [1.165, 1.54) is 36.0 Å². The number of methoxy groups -OCH3 is 2. The zero-order valence-electron chi connectivity index (χ0n) is 17.5. The molecule has 162 valence electrons. The van der Waals surface area contributed by atoms with Gasteiger partial charge in [-0.05, 0) is 36.4 Å². The number of aromatic nitrogens is 2. The molecule has 0 aliphatic carbocycles. The molecule has 0 atom stereocenters. The van der Waals surface area contributed by atoms with Gasteiger partial charge in [-0.15, -0.1) is 0 Å². The van der Waals surface area contributed by atoms with Crippen LogP contribution in [0.25, 0.3) is 10.9 Å². The summed E-state index contributed by atoms with van der Waals surface area (Å²) in [5, 5.41) is 4.60. The highest BCUT2D eigenvalue weighted by Gasteiger charge is 2.13. The summed E-state index contributed by atoms with van der Waals surface area (Å²) < 4.78 is 23.8. The van der Waals surface area contributed by atoms with Gasteiger partial charge in [0.05, 0.1) is 25.5 Å². The molecule has 1 heterocycles. The maximum Gasteiger partial charge on any atom is 0.190 e. The van der Waals surface area contributed by atoms with Gasteiger partial charge in [-0.1, -0.05) is 23.9 Å². The van der Waals surface area contributed by atoms with Crippen LogP contribution in [0.15, 0.2) is 71.9 Å². The fourth-order valence-electron chi connectivity index (χ4n) is 3.08. The Labute approximate surface area is 188 Å². The number of hydrogen-bond acceptors (Lipinski definition) is 7. The molecule has 3 aromatic carbocycles. The number of benzene rings is 3. The van der Waals surface area contributed by atoms with Gasteiger partial charge in [0.15, 0.2) is 10.9 Å². The number of thioether (sulfide) groups is 1. The molecule has 1 aromatic heterocycles. The number of ketones is 1. The highest BCUT2D eigenvalue weighted by molar-refractivity contribution is 7.99. The van der Waals surface area contributed by atoms with Crippen molar-refractivity contribution < 1.29 is 18.7 Å². The van der Waals surface area contributed by atoms with Crippen molar-refractivity contribution in [3.8, 4) is 11.5 Å². The Kier molecular flexibility index (Phi) is 6.51. The third kappa shape index (κ3) is 4.97. The van der Waals surface area contributed by atoms with Crippen molar-refractivity contribution >= 4 is 40.0 Å². The van der Waals surface area contributed by atoms with Crippen molar-refractivity contribution in [2.24, 2.45) is 0 Å². The molecule has 0 saturated heterocycles. The number of carbonyl (C=O) groups is 1. The van der Waals surface area contributed by atoms with Gasteiger partial charge in [0.1, 0.15) is 23.1 Å². The van der Waals surface area contributed by atoms with Crippen LogP contribution in [0.2, 0.25) is 0 Å². The van der Waals surface area contributed by atoms with E-state index in [9.17, 15) is 9.18 Å². The van der Waals surface area contributed by atoms with E-state index in [1.807, 2.05) is 36.4 Å². The molecule has 0 bridgehead atoms. The summed E-state index contributed by atoms with van der Waals surface area (Å²) in [6, 6.07) is 18.6. The number of ether oxygens (including phenoxy) is 2. The number of fused-ring (bicyclic) bond motifs is 1. The standard InChI is InChI=1S/C24H20FN3O3S/c1-30-18-11-17(12-19(13-18)31-2)26-23-20-5-3-4-6-21(20)27-24(28-23)32-14-22(29)15-7-9-16(25)10-8-15/h3-13H,14H2,1-2H3,(H,26,27,28). The topological polar surface area (TPSA) is 73.3 Å². The van der Waals surface area contributed by atoms with Crippen LogP contribution in [0.1, 0.15) is 10.4 Å². The Morgan fingerprint density at radius 1 is 0.969 bits per heavy atom. The largest absolute Gasteiger partial charge is 0.497 e. The first-order chi connectivity index (χ1) is 15.6. The third-order valence-corrected chi connectivity index (χ3v) is 5.54. The van der Waals surface area contributed by atoms with Crippen molar-refractivity contribution in [1.82, 2.24) is 9.97 Å². The SMILES string of the molecule is COc1cc(Nc2nc(SCC(=O)c3ccc(F)cc3)nc3ccccc23)cc(OC)c1. The number of halogens is 1. The van der Waals surface area contributed by atoms with E-state index < -0.39 is 0 Å². The maximum absolute atomic E-state index is 13.1. The fourth-order valence-corrected chi connectivity index (χ4v) is 3.83. The van der Waals surface area contributed by atoms with Crippen molar-refractivity contribution in [3.63, 3.8) is 0 Å². The molecule has 32 heavy (non-hydrogen) atoms. The van der Waals surface area contributed by atoms with Crippen molar-refractivity contribution in [2.75, 3.05) is 25.3 Å². The van der Waals surface area contributed by atoms with Crippen LogP contribution in [0.5, 0.6) is 11.5 Å². The minimum Gasteiger partial charge on any atom is -0.497 e. The molecule has 0 fully saturated rings. The van der Waals surface area contributed by atoms with E-state index in [0.29, 0.717) is 28.0 Å². The van der Waals surface area contributed by atoms with E-state index in [1.54, 1.807) is 20.3 Å². The third-order valence-electron chi connectivity index (χ3n) is 4.70. The van der Waals surface area contributed by atoms with E-state index in [0.717, 1.165) is 16.6 Å². The van der Waals surface area contributed by atoms with Crippen LogP contribution in [0, 0.1) is 5.82 Å². The van der Waals surface area contributed by atoms with Gasteiger partial charge in [0, 0.05) is 34.8 Å². The molecule has 0 aliphatic heterocycles. The van der Waals surface area contributed by atoms with E-state index in [4.69, 9.17) is 9.47 Å². The molecule has 0 saturated carbocycles. The Morgan fingerprint density at radius 2 is 1.66 bits per heavy atom. The van der Waals surface area contributed by atoms with Crippen LogP contribution in [0.4, 0.5) is 15.9 Å². The highest BCUT2D eigenvalue weighted by Crippen LogP contribution is 2.31. The fraction of sp³-hybridized carbons (Fsp3) is 0.125. The lowest BCUT2D eigenvalue weighted by Crippen LogP contribution is -2.04. The van der Waals surface area contributed by atoms with Crippen LogP contribution in [-0.2, 0) is 0 Å². The average Bonchev–Trinajstić information content (AvgIpc) is 2.82. The van der Waals surface area contributed by atoms with Gasteiger partial charge in [0.2, 0.25) is 0 Å². The normalized spacial score (nSPS) is 10.7. The molecule has 4 rings (SSSR count). The quantitative estimate of drug-likeness (QED) is 0.216. The Morgan fingerprint density at radius 3 is 2.34 bits per heavy atom. The predicted octanol–water partition coefficient (Wildman–Crippen LogP) is 5.50. The number of anilines is 2. The van der Waals surface area contributed by atoms with E-state index in [-0.39, 0.29) is 17.4 Å². The number of nitrogens with one attached hydrogen (secondary N) is 1. The average molecular weight is 450 g/mol. The van der Waals surface area contributed by atoms with Crippen LogP contribution in [0.3, 0.4) is 0 Å². The second-order valence-corrected chi connectivity index (χ2v) is 7.76. The van der Waals surface area contributed by atoms with Crippen molar-refractivity contribution in [2.45, 2.75) is 5.16 Å². The molecule has 0 radical (unpaired) electrons. The highest BCUT2D eigenvalue weighted by atomic mass is 32.2. The first-order valence-electron chi connectivity index (χ1n) is 9.74. The molecule has 0 amide bonds. The summed E-state index contributed by atoms with van der Waals surface area (Å²) in [5.41, 5.74) is 1.93. The van der Waals surface area contributed by atoms with Crippen molar-refractivity contribution in [3.05, 3.63) is 78.1 Å². The zero-order chi connectivity index (χ0) is 22.5. The van der Waals surface area contributed by atoms with Gasteiger partial charge in [0.25, 0.3) is 0 Å². The van der Waals surface area contributed by atoms with Gasteiger partial charge >= 0.3 is 0 Å². The van der Waals surface area contributed by atoms with Crippen LogP contribution < -0.4 is 14.8 Å². The molecule has 8 heteroatoms. The van der Waals surface area contributed by atoms with Gasteiger partial charge in [-0.2, -0.15) is 0 Å². The summed E-state index contributed by atoms with van der Waals surface area (Å²) in [4.78, 5) is 21.7. The summed E-state index contributed by atoms with van der Waals surface area (Å²) in [5.74, 6) is 1.52. The molecular formula is C24H20FN3O3S. The van der Waals surface area contributed by atoms with Crippen LogP contribution in [-0.4, -0.2) is 35.7 Å². The van der Waals surface area contributed by atoms with Gasteiger partial charge in [-0.25, -0.2) is 14.4 Å². The molecule has 0 spiro atoms. The smallest absolute Gasteiger partial charge is 0.190 e. The molecule has 6 nitrogen and oxygen atoms in total. The lowest BCUT2D eigenvalue weighted by molar-refractivity contribution is 0.102. The lowest BCUT2D eigenvalue weighted by atomic mass is 10.1. The summed E-state index contributed by atoms with van der Waals surface area (Å²) in [6.45, 7) is 0. The first kappa shape index (κ1) is 21.6. The second kappa shape index (κ2) is 9.65. The molecular weight excluding hydrogens is 429 g/mol. The van der Waals surface area contributed by atoms with Crippen LogP contribution >= 0.6 is 11.8 Å².